The van der Waals surface area contributed by atoms with Crippen molar-refractivity contribution in [2.24, 2.45) is 16.8 Å². The van der Waals surface area contributed by atoms with E-state index < -0.39 is 0 Å². The number of piperidine rings is 1. The van der Waals surface area contributed by atoms with Gasteiger partial charge in [0.15, 0.2) is 5.96 Å². The van der Waals surface area contributed by atoms with Crippen LogP contribution < -0.4 is 5.32 Å². The van der Waals surface area contributed by atoms with Crippen LogP contribution in [0.2, 0.25) is 0 Å². The Morgan fingerprint density at radius 3 is 2.52 bits per heavy atom. The monoisotopic (exact) mass is 463 g/mol. The molecule has 3 aliphatic rings. The van der Waals surface area contributed by atoms with Crippen molar-refractivity contribution < 1.29 is 0 Å². The van der Waals surface area contributed by atoms with Crippen molar-refractivity contribution in [1.82, 2.24) is 20.0 Å². The van der Waals surface area contributed by atoms with E-state index in [1.807, 2.05) is 0 Å². The zero-order valence-electron chi connectivity index (χ0n) is 16.3. The Morgan fingerprint density at radius 1 is 1.00 bits per heavy atom. The summed E-state index contributed by atoms with van der Waals surface area (Å²) in [5.41, 5.74) is 0. The fourth-order valence-corrected chi connectivity index (χ4v) is 4.57. The Morgan fingerprint density at radius 2 is 1.80 bits per heavy atom. The standard InChI is InChI=1S/C19H37N5.HI/c1-3-20-19(21-13-17-7-6-9-22(2)14-17)24-12-8-18(16-24)15-23-10-4-5-11-23;/h17-18H,3-16H2,1-2H3,(H,20,21);1H. The van der Waals surface area contributed by atoms with Gasteiger partial charge in [-0.1, -0.05) is 0 Å². The highest BCUT2D eigenvalue weighted by Gasteiger charge is 2.27. The van der Waals surface area contributed by atoms with Crippen molar-refractivity contribution in [2.75, 3.05) is 66.0 Å². The average Bonchev–Trinajstić information content (AvgIpc) is 3.24. The predicted molar refractivity (Wildman–Crippen MR) is 117 cm³/mol. The molecule has 0 aliphatic carbocycles. The first-order valence-corrected chi connectivity index (χ1v) is 10.2. The van der Waals surface area contributed by atoms with Gasteiger partial charge in [-0.3, -0.25) is 4.99 Å². The van der Waals surface area contributed by atoms with Gasteiger partial charge in [-0.15, -0.1) is 24.0 Å². The van der Waals surface area contributed by atoms with E-state index >= 15 is 0 Å². The molecule has 6 heteroatoms. The fourth-order valence-electron chi connectivity index (χ4n) is 4.57. The topological polar surface area (TPSA) is 34.1 Å². The first kappa shape index (κ1) is 21.2. The Bertz CT molecular complexity index is 411. The molecular formula is C19H38IN5. The minimum absolute atomic E-state index is 0. The minimum atomic E-state index is 0. The van der Waals surface area contributed by atoms with Crippen molar-refractivity contribution >= 4 is 29.9 Å². The van der Waals surface area contributed by atoms with Crippen LogP contribution in [-0.2, 0) is 0 Å². The molecule has 0 bridgehead atoms. The molecule has 0 spiro atoms. The van der Waals surface area contributed by atoms with Gasteiger partial charge in [0, 0.05) is 39.3 Å². The highest BCUT2D eigenvalue weighted by atomic mass is 127. The van der Waals surface area contributed by atoms with E-state index in [2.05, 4.69) is 34.0 Å². The summed E-state index contributed by atoms with van der Waals surface area (Å²) >= 11 is 0. The normalized spacial score (nSPS) is 29.0. The summed E-state index contributed by atoms with van der Waals surface area (Å²) < 4.78 is 0. The van der Waals surface area contributed by atoms with E-state index in [0.717, 1.165) is 30.9 Å². The first-order chi connectivity index (χ1) is 11.7. The maximum atomic E-state index is 5.01. The van der Waals surface area contributed by atoms with E-state index in [0.29, 0.717) is 0 Å². The van der Waals surface area contributed by atoms with Crippen LogP contribution in [0.25, 0.3) is 0 Å². The molecular weight excluding hydrogens is 425 g/mol. The van der Waals surface area contributed by atoms with Gasteiger partial charge >= 0.3 is 0 Å². The highest BCUT2D eigenvalue weighted by molar-refractivity contribution is 14.0. The van der Waals surface area contributed by atoms with Crippen molar-refractivity contribution in [3.63, 3.8) is 0 Å². The summed E-state index contributed by atoms with van der Waals surface area (Å²) in [6, 6.07) is 0. The molecule has 2 unspecified atom stereocenters. The quantitative estimate of drug-likeness (QED) is 0.386. The van der Waals surface area contributed by atoms with Crippen molar-refractivity contribution in [3.8, 4) is 0 Å². The molecule has 146 valence electrons. The molecule has 3 heterocycles. The lowest BCUT2D eigenvalue weighted by atomic mass is 9.99. The first-order valence-electron chi connectivity index (χ1n) is 10.2. The molecule has 0 amide bonds. The van der Waals surface area contributed by atoms with Crippen LogP contribution in [0.15, 0.2) is 4.99 Å². The number of hydrogen-bond acceptors (Lipinski definition) is 3. The molecule has 0 aromatic heterocycles. The third-order valence-electron chi connectivity index (χ3n) is 5.86. The molecule has 3 aliphatic heterocycles. The Balaban J connectivity index is 0.00000225. The molecule has 0 aromatic carbocycles. The van der Waals surface area contributed by atoms with Crippen molar-refractivity contribution in [1.29, 1.82) is 0 Å². The third kappa shape index (κ3) is 6.54. The van der Waals surface area contributed by atoms with Gasteiger partial charge in [0.1, 0.15) is 0 Å². The van der Waals surface area contributed by atoms with Crippen molar-refractivity contribution in [3.05, 3.63) is 0 Å². The van der Waals surface area contributed by atoms with E-state index in [9.17, 15) is 0 Å². The summed E-state index contributed by atoms with van der Waals surface area (Å²) in [4.78, 5) is 12.6. The lowest BCUT2D eigenvalue weighted by Gasteiger charge is -2.29. The average molecular weight is 463 g/mol. The molecule has 1 N–H and O–H groups in total. The summed E-state index contributed by atoms with van der Waals surface area (Å²) in [6.07, 6.45) is 6.79. The van der Waals surface area contributed by atoms with E-state index in [-0.39, 0.29) is 24.0 Å². The number of guanidine groups is 1. The molecule has 3 saturated heterocycles. The molecule has 5 nitrogen and oxygen atoms in total. The maximum absolute atomic E-state index is 5.01. The van der Waals surface area contributed by atoms with Gasteiger partial charge < -0.3 is 20.0 Å². The molecule has 0 radical (unpaired) electrons. The van der Waals surface area contributed by atoms with E-state index in [1.54, 1.807) is 0 Å². The number of nitrogens with zero attached hydrogens (tertiary/aromatic N) is 4. The zero-order valence-corrected chi connectivity index (χ0v) is 18.6. The lowest BCUT2D eigenvalue weighted by Crippen LogP contribution is -2.41. The molecule has 2 atom stereocenters. The highest BCUT2D eigenvalue weighted by Crippen LogP contribution is 2.20. The predicted octanol–water partition coefficient (Wildman–Crippen LogP) is 2.33. The second-order valence-electron chi connectivity index (χ2n) is 8.07. The summed E-state index contributed by atoms with van der Waals surface area (Å²) in [5.74, 6) is 2.72. The summed E-state index contributed by atoms with van der Waals surface area (Å²) in [5, 5.41) is 3.54. The number of rotatable bonds is 5. The van der Waals surface area contributed by atoms with Crippen LogP contribution >= 0.6 is 24.0 Å². The Labute approximate surface area is 171 Å². The second-order valence-corrected chi connectivity index (χ2v) is 8.07. The van der Waals surface area contributed by atoms with Gasteiger partial charge in [-0.2, -0.15) is 0 Å². The van der Waals surface area contributed by atoms with Crippen LogP contribution in [0.3, 0.4) is 0 Å². The minimum Gasteiger partial charge on any atom is -0.357 e. The molecule has 25 heavy (non-hydrogen) atoms. The number of likely N-dealkylation sites (tertiary alicyclic amines) is 3. The fraction of sp³-hybridized carbons (Fsp3) is 0.947. The van der Waals surface area contributed by atoms with Crippen LogP contribution in [0.5, 0.6) is 0 Å². The molecule has 0 saturated carbocycles. The van der Waals surface area contributed by atoms with E-state index in [4.69, 9.17) is 4.99 Å². The van der Waals surface area contributed by atoms with Gasteiger partial charge in [0.05, 0.1) is 0 Å². The maximum Gasteiger partial charge on any atom is 0.193 e. The number of nitrogens with one attached hydrogen (secondary N) is 1. The Hall–Kier alpha value is -0.0800. The van der Waals surface area contributed by atoms with Gasteiger partial charge in [0.2, 0.25) is 0 Å². The smallest absolute Gasteiger partial charge is 0.193 e. The number of hydrogen-bond donors (Lipinski definition) is 1. The summed E-state index contributed by atoms with van der Waals surface area (Å²) in [6.45, 7) is 12.9. The van der Waals surface area contributed by atoms with Gasteiger partial charge in [-0.25, -0.2) is 0 Å². The van der Waals surface area contributed by atoms with Crippen LogP contribution in [0.4, 0.5) is 0 Å². The van der Waals surface area contributed by atoms with E-state index in [1.165, 1.54) is 77.9 Å². The van der Waals surface area contributed by atoms with Crippen LogP contribution in [0, 0.1) is 11.8 Å². The third-order valence-corrected chi connectivity index (χ3v) is 5.86. The van der Waals surface area contributed by atoms with Gasteiger partial charge in [0.25, 0.3) is 0 Å². The molecule has 3 fully saturated rings. The molecule has 3 rings (SSSR count). The Kier molecular flexibility index (Phi) is 9.27. The van der Waals surface area contributed by atoms with Crippen molar-refractivity contribution in [2.45, 2.75) is 39.0 Å². The van der Waals surface area contributed by atoms with Gasteiger partial charge in [-0.05, 0) is 77.5 Å². The second kappa shape index (κ2) is 10.9. The number of aliphatic imine (C=N–C) groups is 1. The SMILES string of the molecule is CCNC(=NCC1CCCN(C)C1)N1CCC(CN2CCCC2)C1.I. The largest absolute Gasteiger partial charge is 0.357 e. The zero-order chi connectivity index (χ0) is 16.8. The molecule has 0 aromatic rings. The van der Waals surface area contributed by atoms with Crippen LogP contribution in [0.1, 0.15) is 39.0 Å². The van der Waals surface area contributed by atoms with Crippen LogP contribution in [-0.4, -0.2) is 86.6 Å². The number of halogens is 1. The summed E-state index contributed by atoms with van der Waals surface area (Å²) in [7, 11) is 2.24. The lowest BCUT2D eigenvalue weighted by molar-refractivity contribution is 0.214.